The number of amides is 2. The lowest BCUT2D eigenvalue weighted by Crippen LogP contribution is -2.24. The topological polar surface area (TPSA) is 95.2 Å². The molecule has 3 heterocycles. The van der Waals surface area contributed by atoms with Crippen molar-refractivity contribution in [2.75, 3.05) is 17.2 Å². The van der Waals surface area contributed by atoms with Crippen LogP contribution in [0.2, 0.25) is 0 Å². The van der Waals surface area contributed by atoms with Crippen molar-refractivity contribution in [2.45, 2.75) is 57.2 Å². The number of fused-ring (bicyclic) bond motifs is 3. The first kappa shape index (κ1) is 23.1. The summed E-state index contributed by atoms with van der Waals surface area (Å²) in [5.41, 5.74) is 3.10. The van der Waals surface area contributed by atoms with Gasteiger partial charge in [-0.05, 0) is 55.4 Å². The molecule has 34 heavy (non-hydrogen) atoms. The number of nitrogens with one attached hydrogen (secondary N) is 2. The van der Waals surface area contributed by atoms with Crippen molar-refractivity contribution in [3.63, 3.8) is 0 Å². The Balaban J connectivity index is 1.07. The highest BCUT2D eigenvalue weighted by Gasteiger charge is 2.21. The number of aromatic amines is 1. The number of hydrogen-bond donors (Lipinski definition) is 2. The summed E-state index contributed by atoms with van der Waals surface area (Å²) in [6.45, 7) is 1.24. The van der Waals surface area contributed by atoms with Gasteiger partial charge in [0.05, 0.1) is 11.1 Å². The predicted molar refractivity (Wildman–Crippen MR) is 138 cm³/mol. The highest BCUT2D eigenvalue weighted by molar-refractivity contribution is 7.98. The summed E-state index contributed by atoms with van der Waals surface area (Å²) in [5, 5.41) is 3.74. The van der Waals surface area contributed by atoms with Crippen molar-refractivity contribution < 1.29 is 9.59 Å². The van der Waals surface area contributed by atoms with Crippen LogP contribution >= 0.6 is 23.1 Å². The van der Waals surface area contributed by atoms with Crippen LogP contribution in [0.15, 0.2) is 29.1 Å². The van der Waals surface area contributed by atoms with Crippen LogP contribution in [-0.2, 0) is 34.7 Å². The molecule has 1 aliphatic heterocycles. The van der Waals surface area contributed by atoms with E-state index in [-0.39, 0.29) is 17.4 Å². The molecule has 1 aliphatic carbocycles. The van der Waals surface area contributed by atoms with Crippen LogP contribution in [0, 0.1) is 0 Å². The zero-order valence-electron chi connectivity index (χ0n) is 19.0. The third kappa shape index (κ3) is 5.05. The Morgan fingerprint density at radius 1 is 1.12 bits per heavy atom. The fourth-order valence-corrected chi connectivity index (χ4v) is 6.70. The van der Waals surface area contributed by atoms with Crippen molar-refractivity contribution in [1.82, 2.24) is 15.3 Å². The second-order valence-corrected chi connectivity index (χ2v) is 11.0. The van der Waals surface area contributed by atoms with E-state index in [2.05, 4.69) is 10.3 Å². The first-order valence-corrected chi connectivity index (χ1v) is 13.8. The summed E-state index contributed by atoms with van der Waals surface area (Å²) in [4.78, 5) is 48.3. The standard InChI is InChI=1S/C25H28N4O3S2/c30-21(26-14-16-7-9-17(10-8-16)29-12-3-6-22(29)31)11-13-33-15-20-27-24(32)23-18-4-1-2-5-19(18)34-25(23)28-20/h7-10H,1-6,11-15H2,(H,26,30)(H,27,28,32). The van der Waals surface area contributed by atoms with E-state index in [1.54, 1.807) is 23.1 Å². The SMILES string of the molecule is O=C(CCSCc1nc2sc3c(c2c(=O)[nH]1)CCCC3)NCc1ccc(N2CCCC2=O)cc1. The summed E-state index contributed by atoms with van der Waals surface area (Å²) in [5.74, 6) is 2.09. The maximum Gasteiger partial charge on any atom is 0.259 e. The summed E-state index contributed by atoms with van der Waals surface area (Å²) in [7, 11) is 0. The zero-order chi connectivity index (χ0) is 23.5. The minimum Gasteiger partial charge on any atom is -0.352 e. The summed E-state index contributed by atoms with van der Waals surface area (Å²) in [6.07, 6.45) is 6.29. The van der Waals surface area contributed by atoms with Gasteiger partial charge in [0, 0.05) is 42.2 Å². The Bertz CT molecular complexity index is 1270. The molecule has 5 rings (SSSR count). The van der Waals surface area contributed by atoms with Gasteiger partial charge in [0.2, 0.25) is 11.8 Å². The van der Waals surface area contributed by atoms with Gasteiger partial charge in [0.15, 0.2) is 0 Å². The van der Waals surface area contributed by atoms with E-state index in [0.717, 1.165) is 53.7 Å². The van der Waals surface area contributed by atoms with Crippen LogP contribution in [0.1, 0.15) is 53.9 Å². The number of aromatic nitrogens is 2. The Morgan fingerprint density at radius 2 is 1.94 bits per heavy atom. The largest absolute Gasteiger partial charge is 0.352 e. The molecule has 0 unspecified atom stereocenters. The molecule has 3 aromatic rings. The molecule has 2 aromatic heterocycles. The van der Waals surface area contributed by atoms with Gasteiger partial charge in [0.1, 0.15) is 10.7 Å². The van der Waals surface area contributed by atoms with Crippen LogP contribution in [-0.4, -0.2) is 34.1 Å². The lowest BCUT2D eigenvalue weighted by atomic mass is 9.97. The Kier molecular flexibility index (Phi) is 7.01. The third-order valence-electron chi connectivity index (χ3n) is 6.40. The van der Waals surface area contributed by atoms with E-state index < -0.39 is 0 Å². The van der Waals surface area contributed by atoms with Crippen LogP contribution < -0.4 is 15.8 Å². The minimum atomic E-state index is -0.0298. The number of thiophene rings is 1. The average molecular weight is 497 g/mol. The third-order valence-corrected chi connectivity index (χ3v) is 8.55. The van der Waals surface area contributed by atoms with Crippen LogP contribution in [0.25, 0.3) is 10.2 Å². The number of anilines is 1. The Morgan fingerprint density at radius 3 is 2.74 bits per heavy atom. The Hall–Kier alpha value is -2.65. The molecule has 178 valence electrons. The van der Waals surface area contributed by atoms with Gasteiger partial charge in [-0.15, -0.1) is 11.3 Å². The lowest BCUT2D eigenvalue weighted by Gasteiger charge is -2.16. The molecule has 0 radical (unpaired) electrons. The molecular formula is C25H28N4O3S2. The molecule has 1 aromatic carbocycles. The van der Waals surface area contributed by atoms with Crippen LogP contribution in [0.4, 0.5) is 5.69 Å². The van der Waals surface area contributed by atoms with E-state index in [4.69, 9.17) is 4.98 Å². The molecule has 1 saturated heterocycles. The fraction of sp³-hybridized carbons (Fsp3) is 0.440. The minimum absolute atomic E-state index is 0.00543. The summed E-state index contributed by atoms with van der Waals surface area (Å²) in [6, 6.07) is 7.79. The number of carbonyl (C=O) groups excluding carboxylic acids is 2. The van der Waals surface area contributed by atoms with Crippen molar-refractivity contribution in [3.8, 4) is 0 Å². The first-order valence-electron chi connectivity index (χ1n) is 11.9. The second-order valence-electron chi connectivity index (χ2n) is 8.80. The molecule has 0 bridgehead atoms. The molecule has 2 amide bonds. The number of nitrogens with zero attached hydrogens (tertiary/aromatic N) is 2. The molecule has 9 heteroatoms. The number of thioether (sulfide) groups is 1. The molecular weight excluding hydrogens is 468 g/mol. The second kappa shape index (κ2) is 10.3. The van der Waals surface area contributed by atoms with E-state index in [9.17, 15) is 14.4 Å². The molecule has 0 saturated carbocycles. The highest BCUT2D eigenvalue weighted by Crippen LogP contribution is 2.33. The number of aryl methyl sites for hydroxylation is 2. The first-order chi connectivity index (χ1) is 16.6. The van der Waals surface area contributed by atoms with Gasteiger partial charge in [-0.25, -0.2) is 4.98 Å². The van der Waals surface area contributed by atoms with Crippen molar-refractivity contribution >= 4 is 50.8 Å². The molecule has 1 fully saturated rings. The van der Waals surface area contributed by atoms with Gasteiger partial charge in [-0.3, -0.25) is 14.4 Å². The highest BCUT2D eigenvalue weighted by atomic mass is 32.2. The van der Waals surface area contributed by atoms with Gasteiger partial charge in [-0.2, -0.15) is 11.8 Å². The zero-order valence-corrected chi connectivity index (χ0v) is 20.7. The van der Waals surface area contributed by atoms with Gasteiger partial charge in [-0.1, -0.05) is 12.1 Å². The van der Waals surface area contributed by atoms with Crippen molar-refractivity contribution in [1.29, 1.82) is 0 Å². The quantitative estimate of drug-likeness (QED) is 0.461. The fourth-order valence-electron chi connectivity index (χ4n) is 4.61. The van der Waals surface area contributed by atoms with Gasteiger partial charge < -0.3 is 15.2 Å². The van der Waals surface area contributed by atoms with Gasteiger partial charge in [0.25, 0.3) is 5.56 Å². The monoisotopic (exact) mass is 496 g/mol. The number of hydrogen-bond acceptors (Lipinski definition) is 6. The molecule has 0 atom stereocenters. The van der Waals surface area contributed by atoms with E-state index in [1.807, 2.05) is 29.2 Å². The van der Waals surface area contributed by atoms with Crippen molar-refractivity contribution in [2.24, 2.45) is 0 Å². The summed E-state index contributed by atoms with van der Waals surface area (Å²) < 4.78 is 0. The predicted octanol–water partition coefficient (Wildman–Crippen LogP) is 3.93. The average Bonchev–Trinajstić information content (AvgIpc) is 3.44. The van der Waals surface area contributed by atoms with E-state index in [1.165, 1.54) is 16.9 Å². The van der Waals surface area contributed by atoms with Crippen LogP contribution in [0.5, 0.6) is 0 Å². The number of carbonyl (C=O) groups is 2. The lowest BCUT2D eigenvalue weighted by molar-refractivity contribution is -0.121. The maximum absolute atomic E-state index is 12.6. The van der Waals surface area contributed by atoms with Crippen LogP contribution in [0.3, 0.4) is 0 Å². The summed E-state index contributed by atoms with van der Waals surface area (Å²) >= 11 is 3.26. The number of rotatable bonds is 8. The molecule has 0 spiro atoms. The smallest absolute Gasteiger partial charge is 0.259 e. The van der Waals surface area contributed by atoms with Crippen molar-refractivity contribution in [3.05, 3.63) is 56.4 Å². The normalized spacial score (nSPS) is 15.6. The Labute approximate surface area is 206 Å². The number of benzene rings is 1. The number of H-pyrrole nitrogens is 1. The molecule has 2 N–H and O–H groups in total. The maximum atomic E-state index is 12.6. The molecule has 2 aliphatic rings. The van der Waals surface area contributed by atoms with E-state index in [0.29, 0.717) is 36.7 Å². The van der Waals surface area contributed by atoms with Gasteiger partial charge >= 0.3 is 0 Å². The molecule has 7 nitrogen and oxygen atoms in total. The van der Waals surface area contributed by atoms with E-state index >= 15 is 0 Å².